The molecule has 0 radical (unpaired) electrons. The van der Waals surface area contributed by atoms with Crippen molar-refractivity contribution in [3.8, 4) is 11.3 Å². The average Bonchev–Trinajstić information content (AvgIpc) is 2.89. The van der Waals surface area contributed by atoms with E-state index < -0.39 is 0 Å². The molecule has 21 heavy (non-hydrogen) atoms. The predicted octanol–water partition coefficient (Wildman–Crippen LogP) is 2.45. The molecule has 3 aromatic rings. The highest BCUT2D eigenvalue weighted by Crippen LogP contribution is 2.20. The molecule has 0 aliphatic rings. The third-order valence-corrected chi connectivity index (χ3v) is 3.20. The summed E-state index contributed by atoms with van der Waals surface area (Å²) in [6, 6.07) is 11.4. The third-order valence-electron chi connectivity index (χ3n) is 3.20. The number of carbonyl (C=O) groups is 1. The lowest BCUT2D eigenvalue weighted by Gasteiger charge is -2.05. The molecule has 1 amide bonds. The summed E-state index contributed by atoms with van der Waals surface area (Å²) >= 11 is 0. The van der Waals surface area contributed by atoms with Crippen LogP contribution in [-0.2, 0) is 4.79 Å². The first kappa shape index (κ1) is 13.2. The lowest BCUT2D eigenvalue weighted by atomic mass is 10.1. The van der Waals surface area contributed by atoms with Gasteiger partial charge in [-0.05, 0) is 31.2 Å². The molecule has 0 saturated heterocycles. The molecule has 0 unspecified atom stereocenters. The summed E-state index contributed by atoms with van der Waals surface area (Å²) in [6.45, 7) is 3.69. The summed E-state index contributed by atoms with van der Waals surface area (Å²) in [5.74, 6) is 0.751. The Kier molecular flexibility index (Phi) is 3.35. The van der Waals surface area contributed by atoms with Crippen LogP contribution in [-0.4, -0.2) is 25.7 Å². The Labute approximate surface area is 121 Å². The number of hydrogen-bond donors (Lipinski definition) is 1. The van der Waals surface area contributed by atoms with E-state index in [1.165, 1.54) is 0 Å². The molecule has 0 bridgehead atoms. The summed E-state index contributed by atoms with van der Waals surface area (Å²) in [6.07, 6.45) is 0.465. The summed E-state index contributed by atoms with van der Waals surface area (Å²) in [5.41, 5.74) is 3.31. The molecule has 0 aliphatic heterocycles. The quantitative estimate of drug-likeness (QED) is 0.800. The van der Waals surface area contributed by atoms with Gasteiger partial charge in [-0.1, -0.05) is 19.1 Å². The Hall–Kier alpha value is -2.76. The Morgan fingerprint density at radius 2 is 1.90 bits per heavy atom. The van der Waals surface area contributed by atoms with Gasteiger partial charge in [0.1, 0.15) is 0 Å². The zero-order chi connectivity index (χ0) is 14.8. The van der Waals surface area contributed by atoms with E-state index >= 15 is 0 Å². The summed E-state index contributed by atoms with van der Waals surface area (Å²) in [4.78, 5) is 11.3. The van der Waals surface area contributed by atoms with Gasteiger partial charge in [-0.3, -0.25) is 4.79 Å². The van der Waals surface area contributed by atoms with E-state index in [4.69, 9.17) is 0 Å². The first-order chi connectivity index (χ1) is 10.2. The maximum Gasteiger partial charge on any atom is 0.224 e. The van der Waals surface area contributed by atoms with E-state index in [1.54, 1.807) is 4.52 Å². The second kappa shape index (κ2) is 5.32. The predicted molar refractivity (Wildman–Crippen MR) is 79.9 cm³/mol. The Morgan fingerprint density at radius 3 is 2.62 bits per heavy atom. The number of nitrogens with one attached hydrogen (secondary N) is 1. The van der Waals surface area contributed by atoms with Gasteiger partial charge < -0.3 is 5.32 Å². The Morgan fingerprint density at radius 1 is 1.14 bits per heavy atom. The number of carbonyl (C=O) groups excluding carboxylic acids is 1. The van der Waals surface area contributed by atoms with Gasteiger partial charge in [0.05, 0.1) is 5.69 Å². The van der Waals surface area contributed by atoms with Gasteiger partial charge in [0.15, 0.2) is 11.5 Å². The van der Waals surface area contributed by atoms with Crippen molar-refractivity contribution in [2.24, 2.45) is 0 Å². The van der Waals surface area contributed by atoms with Crippen LogP contribution in [0.25, 0.3) is 16.9 Å². The fourth-order valence-electron chi connectivity index (χ4n) is 2.02. The molecule has 0 atom stereocenters. The van der Waals surface area contributed by atoms with E-state index in [0.29, 0.717) is 6.42 Å². The van der Waals surface area contributed by atoms with E-state index in [-0.39, 0.29) is 5.91 Å². The van der Waals surface area contributed by atoms with Crippen LogP contribution in [0.4, 0.5) is 5.69 Å². The second-order valence-corrected chi connectivity index (χ2v) is 4.71. The van der Waals surface area contributed by atoms with Gasteiger partial charge in [0, 0.05) is 17.7 Å². The maximum atomic E-state index is 11.3. The lowest BCUT2D eigenvalue weighted by molar-refractivity contribution is -0.115. The van der Waals surface area contributed by atoms with Crippen LogP contribution in [0.1, 0.15) is 19.2 Å². The molecule has 6 nitrogen and oxygen atoms in total. The molecule has 0 spiro atoms. The van der Waals surface area contributed by atoms with Crippen LogP contribution in [0.3, 0.4) is 0 Å². The van der Waals surface area contributed by atoms with E-state index in [2.05, 4.69) is 20.6 Å². The van der Waals surface area contributed by atoms with E-state index in [0.717, 1.165) is 28.4 Å². The van der Waals surface area contributed by atoms with Crippen molar-refractivity contribution in [1.82, 2.24) is 19.8 Å². The number of anilines is 1. The monoisotopic (exact) mass is 281 g/mol. The zero-order valence-electron chi connectivity index (χ0n) is 11.9. The number of benzene rings is 1. The summed E-state index contributed by atoms with van der Waals surface area (Å²) < 4.78 is 1.71. The molecule has 0 saturated carbocycles. The van der Waals surface area contributed by atoms with Crippen molar-refractivity contribution in [2.75, 3.05) is 5.32 Å². The minimum absolute atomic E-state index is 0.00223. The number of aryl methyl sites for hydroxylation is 1. The molecular weight excluding hydrogens is 266 g/mol. The lowest BCUT2D eigenvalue weighted by Crippen LogP contribution is -2.09. The highest BCUT2D eigenvalue weighted by molar-refractivity contribution is 5.90. The molecule has 0 aliphatic carbocycles. The smallest absolute Gasteiger partial charge is 0.224 e. The van der Waals surface area contributed by atoms with Crippen LogP contribution in [0.15, 0.2) is 36.4 Å². The number of hydrogen-bond acceptors (Lipinski definition) is 4. The van der Waals surface area contributed by atoms with Crippen molar-refractivity contribution in [2.45, 2.75) is 20.3 Å². The normalized spacial score (nSPS) is 10.8. The van der Waals surface area contributed by atoms with Crippen LogP contribution >= 0.6 is 0 Å². The van der Waals surface area contributed by atoms with Gasteiger partial charge in [-0.25, -0.2) is 0 Å². The van der Waals surface area contributed by atoms with Gasteiger partial charge in [-0.15, -0.1) is 10.2 Å². The standard InChI is InChI=1S/C15H15N5O/c1-3-15(21)16-12-6-4-11(5-7-12)13-8-9-14-18-17-10(2)20(14)19-13/h4-9H,3H2,1-2H3,(H,16,21). The first-order valence-electron chi connectivity index (χ1n) is 6.76. The minimum Gasteiger partial charge on any atom is -0.326 e. The molecule has 1 aromatic carbocycles. The number of rotatable bonds is 3. The van der Waals surface area contributed by atoms with Crippen molar-refractivity contribution in [1.29, 1.82) is 0 Å². The number of amides is 1. The molecule has 106 valence electrons. The number of fused-ring (bicyclic) bond motifs is 1. The molecule has 1 N–H and O–H groups in total. The first-order valence-corrected chi connectivity index (χ1v) is 6.76. The molecule has 2 aromatic heterocycles. The van der Waals surface area contributed by atoms with Crippen molar-refractivity contribution >= 4 is 17.2 Å². The van der Waals surface area contributed by atoms with Crippen molar-refractivity contribution < 1.29 is 4.79 Å². The van der Waals surface area contributed by atoms with Crippen LogP contribution in [0, 0.1) is 6.92 Å². The van der Waals surface area contributed by atoms with E-state index in [1.807, 2.05) is 50.2 Å². The number of aromatic nitrogens is 4. The van der Waals surface area contributed by atoms with Crippen LogP contribution in [0.5, 0.6) is 0 Å². The highest BCUT2D eigenvalue weighted by atomic mass is 16.1. The van der Waals surface area contributed by atoms with Crippen molar-refractivity contribution in [3.63, 3.8) is 0 Å². The van der Waals surface area contributed by atoms with Gasteiger partial charge in [0.25, 0.3) is 0 Å². The van der Waals surface area contributed by atoms with Gasteiger partial charge >= 0.3 is 0 Å². The molecule has 0 fully saturated rings. The largest absolute Gasteiger partial charge is 0.326 e. The molecule has 3 rings (SSSR count). The summed E-state index contributed by atoms with van der Waals surface area (Å²) in [5, 5.41) is 15.3. The molecule has 2 heterocycles. The Balaban J connectivity index is 1.91. The highest BCUT2D eigenvalue weighted by Gasteiger charge is 2.06. The molecular formula is C15H15N5O. The Bertz CT molecular complexity index is 791. The second-order valence-electron chi connectivity index (χ2n) is 4.71. The minimum atomic E-state index is 0.00223. The number of nitrogens with zero attached hydrogens (tertiary/aromatic N) is 4. The van der Waals surface area contributed by atoms with Crippen molar-refractivity contribution in [3.05, 3.63) is 42.2 Å². The van der Waals surface area contributed by atoms with Crippen LogP contribution < -0.4 is 5.32 Å². The fraction of sp³-hybridized carbons (Fsp3) is 0.200. The SMILES string of the molecule is CCC(=O)Nc1ccc(-c2ccc3nnc(C)n3n2)cc1. The van der Waals surface area contributed by atoms with Crippen LogP contribution in [0.2, 0.25) is 0 Å². The topological polar surface area (TPSA) is 72.2 Å². The third kappa shape index (κ3) is 2.60. The zero-order valence-corrected chi connectivity index (χ0v) is 11.9. The summed E-state index contributed by atoms with van der Waals surface area (Å²) in [7, 11) is 0. The average molecular weight is 281 g/mol. The maximum absolute atomic E-state index is 11.3. The van der Waals surface area contributed by atoms with Gasteiger partial charge in [-0.2, -0.15) is 9.61 Å². The fourth-order valence-corrected chi connectivity index (χ4v) is 2.02. The van der Waals surface area contributed by atoms with E-state index in [9.17, 15) is 4.79 Å². The molecule has 6 heteroatoms. The van der Waals surface area contributed by atoms with Gasteiger partial charge in [0.2, 0.25) is 5.91 Å².